The average molecular weight is 225 g/mol. The minimum absolute atomic E-state index is 0.00285. The fourth-order valence-electron chi connectivity index (χ4n) is 1.18. The molecule has 1 rings (SSSR count). The molecule has 1 heterocycles. The summed E-state index contributed by atoms with van der Waals surface area (Å²) in [4.78, 5) is 0. The van der Waals surface area contributed by atoms with Crippen LogP contribution < -0.4 is 5.32 Å². The zero-order valence-corrected chi connectivity index (χ0v) is 9.13. The van der Waals surface area contributed by atoms with E-state index in [0.29, 0.717) is 25.4 Å². The summed E-state index contributed by atoms with van der Waals surface area (Å²) in [6, 6.07) is 1.59. The van der Waals surface area contributed by atoms with E-state index >= 15 is 0 Å². The van der Waals surface area contributed by atoms with Crippen molar-refractivity contribution in [3.8, 4) is 6.07 Å². The molecular formula is C9H15N5O2. The molecule has 88 valence electrons. The van der Waals surface area contributed by atoms with Gasteiger partial charge in [-0.25, -0.2) is 4.68 Å². The van der Waals surface area contributed by atoms with Gasteiger partial charge in [-0.1, -0.05) is 5.21 Å². The average Bonchev–Trinajstić information content (AvgIpc) is 2.74. The molecule has 1 atom stereocenters. The Morgan fingerprint density at radius 1 is 1.75 bits per heavy atom. The summed E-state index contributed by atoms with van der Waals surface area (Å²) < 4.78 is 6.37. The third kappa shape index (κ3) is 3.58. The van der Waals surface area contributed by atoms with Crippen molar-refractivity contribution in [2.75, 3.05) is 26.9 Å². The monoisotopic (exact) mass is 225 g/mol. The molecule has 0 aliphatic rings. The van der Waals surface area contributed by atoms with E-state index < -0.39 is 6.04 Å². The number of ether oxygens (including phenoxy) is 1. The van der Waals surface area contributed by atoms with Gasteiger partial charge in [0.25, 0.3) is 0 Å². The molecular weight excluding hydrogens is 210 g/mol. The molecule has 1 unspecified atom stereocenters. The van der Waals surface area contributed by atoms with Crippen LogP contribution >= 0.6 is 0 Å². The van der Waals surface area contributed by atoms with Crippen molar-refractivity contribution in [3.05, 3.63) is 11.9 Å². The van der Waals surface area contributed by atoms with Crippen molar-refractivity contribution in [1.29, 1.82) is 5.26 Å². The van der Waals surface area contributed by atoms with Gasteiger partial charge in [0.15, 0.2) is 0 Å². The van der Waals surface area contributed by atoms with E-state index in [4.69, 9.17) is 15.1 Å². The fraction of sp³-hybridized carbons (Fsp3) is 0.667. The number of hydrogen-bond donors (Lipinski definition) is 2. The van der Waals surface area contributed by atoms with Crippen LogP contribution in [0.4, 0.5) is 0 Å². The summed E-state index contributed by atoms with van der Waals surface area (Å²) in [7, 11) is 1.60. The predicted octanol–water partition coefficient (Wildman–Crippen LogP) is -0.929. The predicted molar refractivity (Wildman–Crippen MR) is 55.3 cm³/mol. The number of nitrogens with one attached hydrogen (secondary N) is 1. The molecule has 0 amide bonds. The lowest BCUT2D eigenvalue weighted by molar-refractivity contribution is 0.197. The lowest BCUT2D eigenvalue weighted by Gasteiger charge is -2.07. The van der Waals surface area contributed by atoms with Crippen LogP contribution in [-0.2, 0) is 11.3 Å². The van der Waals surface area contributed by atoms with Gasteiger partial charge in [0.1, 0.15) is 11.7 Å². The zero-order valence-electron chi connectivity index (χ0n) is 9.13. The zero-order chi connectivity index (χ0) is 11.8. The summed E-state index contributed by atoms with van der Waals surface area (Å²) in [5, 5.41) is 28.3. The highest BCUT2D eigenvalue weighted by molar-refractivity contribution is 5.10. The van der Waals surface area contributed by atoms with Gasteiger partial charge in [-0.3, -0.25) is 5.32 Å². The Labute approximate surface area is 93.6 Å². The molecule has 1 aromatic heterocycles. The molecule has 1 aromatic rings. The number of aliphatic hydroxyl groups excluding tert-OH is 1. The molecule has 0 fully saturated rings. The molecule has 0 aliphatic heterocycles. The first-order valence-corrected chi connectivity index (χ1v) is 4.94. The first-order chi connectivity index (χ1) is 7.81. The van der Waals surface area contributed by atoms with Crippen LogP contribution in [0.15, 0.2) is 6.20 Å². The van der Waals surface area contributed by atoms with Gasteiger partial charge in [0.2, 0.25) is 0 Å². The number of aromatic nitrogens is 3. The molecule has 0 saturated heterocycles. The van der Waals surface area contributed by atoms with Gasteiger partial charge in [-0.15, -0.1) is 5.10 Å². The van der Waals surface area contributed by atoms with Crippen molar-refractivity contribution >= 4 is 0 Å². The molecule has 0 spiro atoms. The normalized spacial score (nSPS) is 12.3. The Hall–Kier alpha value is -1.49. The van der Waals surface area contributed by atoms with Gasteiger partial charge in [-0.2, -0.15) is 5.26 Å². The highest BCUT2D eigenvalue weighted by Crippen LogP contribution is 2.06. The lowest BCUT2D eigenvalue weighted by Crippen LogP contribution is -2.24. The van der Waals surface area contributed by atoms with E-state index in [-0.39, 0.29) is 6.61 Å². The Morgan fingerprint density at radius 2 is 2.56 bits per heavy atom. The number of aliphatic hydroxyl groups is 1. The van der Waals surface area contributed by atoms with Crippen molar-refractivity contribution < 1.29 is 9.84 Å². The standard InChI is InChI=1S/C9H15N5O2/c1-16-5-2-11-8(6-10)9-7-14(3-4-15)13-12-9/h7-8,11,15H,2-5H2,1H3. The minimum Gasteiger partial charge on any atom is -0.394 e. The van der Waals surface area contributed by atoms with E-state index in [1.807, 2.05) is 0 Å². The molecule has 7 heteroatoms. The second kappa shape index (κ2) is 6.90. The molecule has 7 nitrogen and oxygen atoms in total. The van der Waals surface area contributed by atoms with Gasteiger partial charge in [0.05, 0.1) is 32.0 Å². The fourth-order valence-corrected chi connectivity index (χ4v) is 1.18. The van der Waals surface area contributed by atoms with E-state index in [9.17, 15) is 0 Å². The summed E-state index contributed by atoms with van der Waals surface area (Å²) in [6.07, 6.45) is 1.64. The summed E-state index contributed by atoms with van der Waals surface area (Å²) in [5.74, 6) is 0. The molecule has 2 N–H and O–H groups in total. The SMILES string of the molecule is COCCNC(C#N)c1cn(CCO)nn1. The number of hydrogen-bond acceptors (Lipinski definition) is 6. The summed E-state index contributed by atoms with van der Waals surface area (Å²) in [6.45, 7) is 1.48. The van der Waals surface area contributed by atoms with Crippen molar-refractivity contribution in [2.24, 2.45) is 0 Å². The maximum Gasteiger partial charge on any atom is 0.142 e. The first kappa shape index (κ1) is 12.6. The second-order valence-corrected chi connectivity index (χ2v) is 3.14. The number of nitrogens with zero attached hydrogens (tertiary/aromatic N) is 4. The van der Waals surface area contributed by atoms with Crippen LogP contribution in [-0.4, -0.2) is 47.0 Å². The number of methoxy groups -OCH3 is 1. The molecule has 0 aromatic carbocycles. The Morgan fingerprint density at radius 3 is 3.19 bits per heavy atom. The van der Waals surface area contributed by atoms with Crippen molar-refractivity contribution in [3.63, 3.8) is 0 Å². The largest absolute Gasteiger partial charge is 0.394 e. The summed E-state index contributed by atoms with van der Waals surface area (Å²) in [5.41, 5.74) is 0.548. The first-order valence-electron chi connectivity index (χ1n) is 4.94. The molecule has 16 heavy (non-hydrogen) atoms. The van der Waals surface area contributed by atoms with Crippen LogP contribution in [0.1, 0.15) is 11.7 Å². The van der Waals surface area contributed by atoms with Crippen LogP contribution in [0.5, 0.6) is 0 Å². The maximum atomic E-state index is 8.94. The highest BCUT2D eigenvalue weighted by atomic mass is 16.5. The van der Waals surface area contributed by atoms with Gasteiger partial charge >= 0.3 is 0 Å². The van der Waals surface area contributed by atoms with Gasteiger partial charge in [0, 0.05) is 13.7 Å². The van der Waals surface area contributed by atoms with Crippen LogP contribution in [0.2, 0.25) is 0 Å². The third-order valence-electron chi connectivity index (χ3n) is 1.96. The third-order valence-corrected chi connectivity index (χ3v) is 1.96. The Kier molecular flexibility index (Phi) is 5.42. The van der Waals surface area contributed by atoms with Crippen molar-refractivity contribution in [1.82, 2.24) is 20.3 Å². The van der Waals surface area contributed by atoms with Crippen molar-refractivity contribution in [2.45, 2.75) is 12.6 Å². The Balaban J connectivity index is 2.54. The number of rotatable bonds is 7. The topological polar surface area (TPSA) is 96.0 Å². The van der Waals surface area contributed by atoms with Crippen LogP contribution in [0.25, 0.3) is 0 Å². The Bertz CT molecular complexity index is 346. The van der Waals surface area contributed by atoms with E-state index in [0.717, 1.165) is 0 Å². The van der Waals surface area contributed by atoms with Gasteiger partial charge in [-0.05, 0) is 0 Å². The molecule has 0 bridgehead atoms. The molecule has 0 radical (unpaired) electrons. The van der Waals surface area contributed by atoms with Crippen LogP contribution in [0.3, 0.4) is 0 Å². The number of nitriles is 1. The molecule has 0 saturated carbocycles. The lowest BCUT2D eigenvalue weighted by atomic mass is 10.2. The second-order valence-electron chi connectivity index (χ2n) is 3.14. The highest BCUT2D eigenvalue weighted by Gasteiger charge is 2.13. The van der Waals surface area contributed by atoms with E-state index in [2.05, 4.69) is 21.7 Å². The summed E-state index contributed by atoms with van der Waals surface area (Å²) >= 11 is 0. The quantitative estimate of drug-likeness (QED) is 0.582. The van der Waals surface area contributed by atoms with E-state index in [1.54, 1.807) is 13.3 Å². The van der Waals surface area contributed by atoms with Gasteiger partial charge < -0.3 is 9.84 Å². The smallest absolute Gasteiger partial charge is 0.142 e. The molecule has 0 aliphatic carbocycles. The van der Waals surface area contributed by atoms with E-state index in [1.165, 1.54) is 4.68 Å². The minimum atomic E-state index is -0.498. The van der Waals surface area contributed by atoms with Crippen LogP contribution in [0, 0.1) is 11.3 Å². The maximum absolute atomic E-state index is 8.94.